The van der Waals surface area contributed by atoms with Crippen LogP contribution in [-0.2, 0) is 6.54 Å². The van der Waals surface area contributed by atoms with Crippen molar-refractivity contribution in [1.29, 1.82) is 0 Å². The van der Waals surface area contributed by atoms with Crippen molar-refractivity contribution in [1.82, 2.24) is 9.88 Å². The summed E-state index contributed by atoms with van der Waals surface area (Å²) in [7, 11) is 1.53. The van der Waals surface area contributed by atoms with E-state index in [9.17, 15) is 9.59 Å². The van der Waals surface area contributed by atoms with Crippen LogP contribution in [0.5, 0.6) is 5.75 Å². The second-order valence-corrected chi connectivity index (χ2v) is 4.40. The molecule has 2 aromatic rings. The van der Waals surface area contributed by atoms with Crippen LogP contribution in [0.4, 0.5) is 4.79 Å². The highest BCUT2D eigenvalue weighted by molar-refractivity contribution is 5.87. The number of carboxylic acid groups (broad SMARTS) is 1. The number of aromatic nitrogens is 1. The molecule has 1 aliphatic rings. The van der Waals surface area contributed by atoms with Crippen LogP contribution in [-0.4, -0.2) is 22.9 Å². The number of ether oxygens (including phenoxy) is 1. The fraction of sp³-hybridized carbons (Fsp3) is 0.231. The minimum Gasteiger partial charge on any atom is -0.496 e. The summed E-state index contributed by atoms with van der Waals surface area (Å²) < 4.78 is 6.86. The highest BCUT2D eigenvalue weighted by Crippen LogP contribution is 2.37. The number of carbonyl (C=O) groups is 1. The SMILES string of the molecule is COc1ccc2ccc(=O)n3c2c1C(NC(=O)O)C3. The van der Waals surface area contributed by atoms with Gasteiger partial charge in [0.15, 0.2) is 0 Å². The number of benzene rings is 1. The van der Waals surface area contributed by atoms with Gasteiger partial charge in [0.1, 0.15) is 5.75 Å². The van der Waals surface area contributed by atoms with E-state index in [1.165, 1.54) is 13.2 Å². The summed E-state index contributed by atoms with van der Waals surface area (Å²) >= 11 is 0. The molecule has 1 aromatic carbocycles. The monoisotopic (exact) mass is 260 g/mol. The summed E-state index contributed by atoms with van der Waals surface area (Å²) in [4.78, 5) is 22.7. The van der Waals surface area contributed by atoms with Crippen molar-refractivity contribution in [3.63, 3.8) is 0 Å². The maximum atomic E-state index is 11.9. The van der Waals surface area contributed by atoms with Crippen LogP contribution in [0.15, 0.2) is 29.1 Å². The Labute approximate surface area is 108 Å². The molecule has 0 spiro atoms. The topological polar surface area (TPSA) is 80.6 Å². The highest BCUT2D eigenvalue weighted by Gasteiger charge is 2.29. The Kier molecular flexibility index (Phi) is 2.45. The van der Waals surface area contributed by atoms with Gasteiger partial charge in [-0.1, -0.05) is 0 Å². The zero-order valence-corrected chi connectivity index (χ0v) is 10.2. The molecule has 0 bridgehead atoms. The molecule has 1 aliphatic heterocycles. The van der Waals surface area contributed by atoms with Crippen molar-refractivity contribution in [3.05, 3.63) is 40.2 Å². The van der Waals surface area contributed by atoms with E-state index < -0.39 is 12.1 Å². The fourth-order valence-electron chi connectivity index (χ4n) is 2.64. The average molecular weight is 260 g/mol. The second kappa shape index (κ2) is 4.01. The van der Waals surface area contributed by atoms with Gasteiger partial charge in [0, 0.05) is 11.6 Å². The van der Waals surface area contributed by atoms with Gasteiger partial charge in [0.05, 0.1) is 25.2 Å². The quantitative estimate of drug-likeness (QED) is 0.853. The lowest BCUT2D eigenvalue weighted by molar-refractivity contribution is 0.189. The van der Waals surface area contributed by atoms with Gasteiger partial charge >= 0.3 is 6.09 Å². The Morgan fingerprint density at radius 3 is 2.84 bits per heavy atom. The summed E-state index contributed by atoms with van der Waals surface area (Å²) in [6.45, 7) is 0.290. The number of nitrogens with one attached hydrogen (secondary N) is 1. The Balaban J connectivity index is 2.31. The Morgan fingerprint density at radius 2 is 2.16 bits per heavy atom. The first kappa shape index (κ1) is 11.6. The predicted molar refractivity (Wildman–Crippen MR) is 68.7 cm³/mol. The first-order valence-corrected chi connectivity index (χ1v) is 5.81. The molecule has 3 rings (SSSR count). The maximum absolute atomic E-state index is 11.9. The van der Waals surface area contributed by atoms with Crippen LogP contribution in [0.2, 0.25) is 0 Å². The molecule has 2 N–H and O–H groups in total. The first-order valence-electron chi connectivity index (χ1n) is 5.81. The lowest BCUT2D eigenvalue weighted by Gasteiger charge is -2.13. The van der Waals surface area contributed by atoms with Gasteiger partial charge in [-0.05, 0) is 23.6 Å². The molecule has 1 unspecified atom stereocenters. The van der Waals surface area contributed by atoms with Gasteiger partial charge in [-0.25, -0.2) is 4.79 Å². The molecule has 6 nitrogen and oxygen atoms in total. The summed E-state index contributed by atoms with van der Waals surface area (Å²) in [5.74, 6) is 0.586. The van der Waals surface area contributed by atoms with Gasteiger partial charge < -0.3 is 19.7 Å². The summed E-state index contributed by atoms with van der Waals surface area (Å²) in [6, 6.07) is 6.40. The van der Waals surface area contributed by atoms with E-state index in [0.717, 1.165) is 16.5 Å². The molecule has 6 heteroatoms. The standard InChI is InChI=1S/C13H12N2O4/c1-19-9-4-2-7-3-5-10(16)15-6-8(14-13(17)18)11(9)12(7)15/h2-5,8,14H,6H2,1H3,(H,17,18). The van der Waals surface area contributed by atoms with Crippen LogP contribution in [0.3, 0.4) is 0 Å². The van der Waals surface area contributed by atoms with E-state index in [0.29, 0.717) is 5.75 Å². The molecular formula is C13H12N2O4. The number of hydrogen-bond donors (Lipinski definition) is 2. The smallest absolute Gasteiger partial charge is 0.405 e. The fourth-order valence-corrected chi connectivity index (χ4v) is 2.64. The third kappa shape index (κ3) is 1.64. The predicted octanol–water partition coefficient (Wildman–Crippen LogP) is 1.33. The van der Waals surface area contributed by atoms with Crippen molar-refractivity contribution >= 4 is 17.0 Å². The third-order valence-electron chi connectivity index (χ3n) is 3.38. The van der Waals surface area contributed by atoms with Crippen molar-refractivity contribution in [2.24, 2.45) is 0 Å². The molecule has 0 saturated carbocycles. The van der Waals surface area contributed by atoms with Crippen molar-refractivity contribution in [3.8, 4) is 5.75 Å². The molecule has 0 saturated heterocycles. The van der Waals surface area contributed by atoms with Crippen LogP contribution >= 0.6 is 0 Å². The minimum absolute atomic E-state index is 0.142. The number of rotatable bonds is 2. The number of methoxy groups -OCH3 is 1. The molecule has 19 heavy (non-hydrogen) atoms. The van der Waals surface area contributed by atoms with E-state index in [2.05, 4.69) is 5.32 Å². The average Bonchev–Trinajstić information content (AvgIpc) is 2.75. The molecule has 1 aromatic heterocycles. The van der Waals surface area contributed by atoms with Crippen molar-refractivity contribution < 1.29 is 14.6 Å². The lowest BCUT2D eigenvalue weighted by Crippen LogP contribution is -2.28. The number of hydrogen-bond acceptors (Lipinski definition) is 3. The number of pyridine rings is 1. The molecule has 0 radical (unpaired) electrons. The lowest BCUT2D eigenvalue weighted by atomic mass is 10.1. The minimum atomic E-state index is -1.12. The van der Waals surface area contributed by atoms with Gasteiger partial charge in [-0.15, -0.1) is 0 Å². The molecule has 1 amide bonds. The van der Waals surface area contributed by atoms with Gasteiger partial charge in [0.2, 0.25) is 0 Å². The Hall–Kier alpha value is -2.50. The maximum Gasteiger partial charge on any atom is 0.405 e. The third-order valence-corrected chi connectivity index (χ3v) is 3.38. The number of nitrogens with zero attached hydrogens (tertiary/aromatic N) is 1. The number of amides is 1. The van der Waals surface area contributed by atoms with E-state index in [1.807, 2.05) is 6.07 Å². The van der Waals surface area contributed by atoms with Gasteiger partial charge in [0.25, 0.3) is 5.56 Å². The molecule has 0 aliphatic carbocycles. The van der Waals surface area contributed by atoms with Crippen LogP contribution in [0.25, 0.3) is 10.9 Å². The van der Waals surface area contributed by atoms with E-state index in [1.54, 1.807) is 16.7 Å². The molecule has 98 valence electrons. The van der Waals surface area contributed by atoms with Gasteiger partial charge in [-0.3, -0.25) is 4.79 Å². The van der Waals surface area contributed by atoms with Crippen molar-refractivity contribution in [2.45, 2.75) is 12.6 Å². The van der Waals surface area contributed by atoms with E-state index >= 15 is 0 Å². The molecular weight excluding hydrogens is 248 g/mol. The first-order chi connectivity index (χ1) is 9.11. The van der Waals surface area contributed by atoms with Gasteiger partial charge in [-0.2, -0.15) is 0 Å². The molecule has 2 heterocycles. The largest absolute Gasteiger partial charge is 0.496 e. The van der Waals surface area contributed by atoms with E-state index in [-0.39, 0.29) is 12.1 Å². The summed E-state index contributed by atoms with van der Waals surface area (Å²) in [6.07, 6.45) is -1.12. The molecule has 1 atom stereocenters. The highest BCUT2D eigenvalue weighted by atomic mass is 16.5. The molecule has 0 fully saturated rings. The second-order valence-electron chi connectivity index (χ2n) is 4.40. The van der Waals surface area contributed by atoms with Crippen LogP contribution < -0.4 is 15.6 Å². The normalized spacial score (nSPS) is 16.6. The van der Waals surface area contributed by atoms with Crippen LogP contribution in [0.1, 0.15) is 11.6 Å². The zero-order chi connectivity index (χ0) is 13.6. The van der Waals surface area contributed by atoms with Crippen LogP contribution in [0, 0.1) is 0 Å². The zero-order valence-electron chi connectivity index (χ0n) is 10.2. The van der Waals surface area contributed by atoms with Crippen molar-refractivity contribution in [2.75, 3.05) is 7.11 Å². The summed E-state index contributed by atoms with van der Waals surface area (Å²) in [5.41, 5.74) is 1.32. The van der Waals surface area contributed by atoms with E-state index in [4.69, 9.17) is 9.84 Å². The Morgan fingerprint density at radius 1 is 1.42 bits per heavy atom. The summed E-state index contributed by atoms with van der Waals surface area (Å²) in [5, 5.41) is 12.2. The Bertz CT molecular complexity index is 735.